The average molecular weight is 282 g/mol. The maximum Gasteiger partial charge on any atom is 0.373 e. The molecule has 0 aliphatic rings. The molecule has 1 N–H and O–H groups in total. The summed E-state index contributed by atoms with van der Waals surface area (Å²) < 4.78 is 5.21. The molecule has 5 heteroatoms. The van der Waals surface area contributed by atoms with E-state index in [1.807, 2.05) is 30.3 Å². The summed E-state index contributed by atoms with van der Waals surface area (Å²) in [6.07, 6.45) is 0. The first-order valence-corrected chi connectivity index (χ1v) is 5.69. The van der Waals surface area contributed by atoms with E-state index in [2.05, 4.69) is 20.9 Å². The highest BCUT2D eigenvalue weighted by Gasteiger charge is 2.19. The lowest BCUT2D eigenvalue weighted by Crippen LogP contribution is -1.97. The van der Waals surface area contributed by atoms with E-state index in [0.717, 1.165) is 5.56 Å². The number of carboxylic acid groups (broad SMARTS) is 1. The molecule has 0 unspecified atom stereocenters. The van der Waals surface area contributed by atoms with E-state index >= 15 is 0 Å². The smallest absolute Gasteiger partial charge is 0.373 e. The summed E-state index contributed by atoms with van der Waals surface area (Å²) in [6.45, 7) is 0. The van der Waals surface area contributed by atoms with Crippen LogP contribution in [0.2, 0.25) is 0 Å². The molecule has 0 aliphatic heterocycles. The monoisotopic (exact) mass is 281 g/mol. The highest BCUT2D eigenvalue weighted by atomic mass is 79.9. The molecule has 0 atom stereocenters. The molecule has 0 bridgehead atoms. The van der Waals surface area contributed by atoms with E-state index in [-0.39, 0.29) is 5.76 Å². The zero-order valence-electron chi connectivity index (χ0n) is 8.18. The standard InChI is InChI=1S/C11H8BrNO3/c12-6-8-9(11(14)15)16-10(13-8)7-4-2-1-3-5-7/h1-5H,6H2,(H,14,15). The van der Waals surface area contributed by atoms with Crippen LogP contribution in [-0.2, 0) is 5.33 Å². The lowest BCUT2D eigenvalue weighted by molar-refractivity contribution is 0.0662. The van der Waals surface area contributed by atoms with Crippen molar-refractivity contribution in [2.24, 2.45) is 0 Å². The SMILES string of the molecule is O=C(O)c1oc(-c2ccccc2)nc1CBr. The van der Waals surface area contributed by atoms with Crippen molar-refractivity contribution < 1.29 is 14.3 Å². The van der Waals surface area contributed by atoms with Crippen molar-refractivity contribution in [1.82, 2.24) is 4.98 Å². The highest BCUT2D eigenvalue weighted by Crippen LogP contribution is 2.23. The van der Waals surface area contributed by atoms with Crippen LogP contribution in [0.5, 0.6) is 0 Å². The fourth-order valence-corrected chi connectivity index (χ4v) is 1.69. The second-order valence-electron chi connectivity index (χ2n) is 3.10. The Bertz CT molecular complexity index is 507. The largest absolute Gasteiger partial charge is 0.475 e. The van der Waals surface area contributed by atoms with Crippen molar-refractivity contribution in [1.29, 1.82) is 0 Å². The van der Waals surface area contributed by atoms with Crippen LogP contribution in [0.15, 0.2) is 34.7 Å². The number of nitrogens with zero attached hydrogens (tertiary/aromatic N) is 1. The van der Waals surface area contributed by atoms with Gasteiger partial charge in [0.05, 0.1) is 0 Å². The predicted molar refractivity (Wildman–Crippen MR) is 61.5 cm³/mol. The molecule has 0 saturated carbocycles. The molecule has 0 saturated heterocycles. The van der Waals surface area contributed by atoms with Gasteiger partial charge in [0, 0.05) is 10.9 Å². The Hall–Kier alpha value is -1.62. The number of rotatable bonds is 3. The molecule has 1 aromatic carbocycles. The van der Waals surface area contributed by atoms with Gasteiger partial charge in [0.1, 0.15) is 5.69 Å². The first kappa shape index (κ1) is 10.9. The van der Waals surface area contributed by atoms with E-state index in [0.29, 0.717) is 16.9 Å². The minimum absolute atomic E-state index is 0.115. The van der Waals surface area contributed by atoms with Crippen LogP contribution < -0.4 is 0 Å². The van der Waals surface area contributed by atoms with Gasteiger partial charge < -0.3 is 9.52 Å². The number of aromatic nitrogens is 1. The number of benzene rings is 1. The van der Waals surface area contributed by atoms with Gasteiger partial charge in [-0.15, -0.1) is 0 Å². The van der Waals surface area contributed by atoms with Crippen LogP contribution >= 0.6 is 15.9 Å². The Morgan fingerprint density at radius 3 is 2.56 bits per heavy atom. The van der Waals surface area contributed by atoms with Crippen LogP contribution in [0.25, 0.3) is 11.5 Å². The molecule has 1 heterocycles. The number of aromatic carboxylic acids is 1. The summed E-state index contributed by atoms with van der Waals surface area (Å²) in [5, 5.41) is 9.25. The van der Waals surface area contributed by atoms with Crippen molar-refractivity contribution in [3.63, 3.8) is 0 Å². The van der Waals surface area contributed by atoms with Crippen molar-refractivity contribution in [3.05, 3.63) is 41.8 Å². The minimum Gasteiger partial charge on any atom is -0.475 e. The van der Waals surface area contributed by atoms with Gasteiger partial charge in [-0.25, -0.2) is 9.78 Å². The summed E-state index contributed by atoms with van der Waals surface area (Å²) in [5.41, 5.74) is 1.16. The quantitative estimate of drug-likeness (QED) is 0.879. The molecule has 0 amide bonds. The Morgan fingerprint density at radius 1 is 1.38 bits per heavy atom. The van der Waals surface area contributed by atoms with Gasteiger partial charge in [0.25, 0.3) is 0 Å². The van der Waals surface area contributed by atoms with Crippen LogP contribution in [0.1, 0.15) is 16.2 Å². The fraction of sp³-hybridized carbons (Fsp3) is 0.0909. The molecular weight excluding hydrogens is 274 g/mol. The third kappa shape index (κ3) is 1.99. The van der Waals surface area contributed by atoms with Crippen molar-refractivity contribution in [2.45, 2.75) is 5.33 Å². The zero-order valence-corrected chi connectivity index (χ0v) is 9.77. The average Bonchev–Trinajstić information content (AvgIpc) is 2.74. The molecule has 4 nitrogen and oxygen atoms in total. The topological polar surface area (TPSA) is 63.3 Å². The lowest BCUT2D eigenvalue weighted by atomic mass is 10.2. The fourth-order valence-electron chi connectivity index (χ4n) is 1.31. The Labute approximate surface area is 100 Å². The highest BCUT2D eigenvalue weighted by molar-refractivity contribution is 9.08. The number of oxazole rings is 1. The summed E-state index contributed by atoms with van der Waals surface area (Å²) in [6, 6.07) is 9.18. The molecule has 0 spiro atoms. The third-order valence-corrected chi connectivity index (χ3v) is 2.57. The number of halogens is 1. The van der Waals surface area contributed by atoms with Gasteiger partial charge in [0.2, 0.25) is 11.7 Å². The summed E-state index contributed by atoms with van der Waals surface area (Å²) >= 11 is 3.18. The van der Waals surface area contributed by atoms with Gasteiger partial charge in [-0.1, -0.05) is 34.1 Å². The molecule has 0 fully saturated rings. The van der Waals surface area contributed by atoms with Gasteiger partial charge >= 0.3 is 5.97 Å². The van der Waals surface area contributed by atoms with E-state index in [1.54, 1.807) is 0 Å². The van der Waals surface area contributed by atoms with Gasteiger partial charge in [0.15, 0.2) is 0 Å². The van der Waals surface area contributed by atoms with E-state index in [1.165, 1.54) is 0 Å². The number of carboxylic acids is 1. The van der Waals surface area contributed by atoms with Crippen molar-refractivity contribution >= 4 is 21.9 Å². The van der Waals surface area contributed by atoms with Gasteiger partial charge in [-0.05, 0) is 12.1 Å². The Kier molecular flexibility index (Phi) is 3.05. The Morgan fingerprint density at radius 2 is 2.06 bits per heavy atom. The van der Waals surface area contributed by atoms with Crippen LogP contribution in [0, 0.1) is 0 Å². The molecule has 0 aliphatic carbocycles. The minimum atomic E-state index is -1.11. The molecule has 82 valence electrons. The van der Waals surface area contributed by atoms with Crippen LogP contribution in [0.4, 0.5) is 0 Å². The molecule has 1 aromatic heterocycles. The lowest BCUT2D eigenvalue weighted by Gasteiger charge is -1.92. The number of hydrogen-bond acceptors (Lipinski definition) is 3. The molecular formula is C11H8BrNO3. The van der Waals surface area contributed by atoms with Crippen molar-refractivity contribution in [2.75, 3.05) is 0 Å². The maximum atomic E-state index is 10.9. The van der Waals surface area contributed by atoms with Gasteiger partial charge in [-0.3, -0.25) is 0 Å². The molecule has 16 heavy (non-hydrogen) atoms. The van der Waals surface area contributed by atoms with E-state index < -0.39 is 5.97 Å². The summed E-state index contributed by atoms with van der Waals surface area (Å²) in [4.78, 5) is 15.0. The van der Waals surface area contributed by atoms with Crippen LogP contribution in [-0.4, -0.2) is 16.1 Å². The molecule has 0 radical (unpaired) electrons. The molecule has 2 rings (SSSR count). The second kappa shape index (κ2) is 4.49. The third-order valence-electron chi connectivity index (χ3n) is 2.04. The number of alkyl halides is 1. The van der Waals surface area contributed by atoms with E-state index in [4.69, 9.17) is 9.52 Å². The molecule has 2 aromatic rings. The maximum absolute atomic E-state index is 10.9. The number of hydrogen-bond donors (Lipinski definition) is 1. The predicted octanol–water partition coefficient (Wildman–Crippen LogP) is 2.93. The first-order valence-electron chi connectivity index (χ1n) is 4.56. The van der Waals surface area contributed by atoms with E-state index in [9.17, 15) is 4.79 Å². The summed E-state index contributed by atoms with van der Waals surface area (Å²) in [5.74, 6) is -0.896. The normalized spacial score (nSPS) is 10.3. The Balaban J connectivity index is 2.48. The van der Waals surface area contributed by atoms with Gasteiger partial charge in [-0.2, -0.15) is 0 Å². The second-order valence-corrected chi connectivity index (χ2v) is 3.66. The van der Waals surface area contributed by atoms with Crippen LogP contribution in [0.3, 0.4) is 0 Å². The number of carbonyl (C=O) groups is 1. The summed E-state index contributed by atoms with van der Waals surface area (Å²) in [7, 11) is 0. The zero-order chi connectivity index (χ0) is 11.5. The first-order chi connectivity index (χ1) is 7.72. The van der Waals surface area contributed by atoms with Crippen molar-refractivity contribution in [3.8, 4) is 11.5 Å².